The van der Waals surface area contributed by atoms with E-state index in [-0.39, 0.29) is 11.7 Å². The fourth-order valence-electron chi connectivity index (χ4n) is 1.58. The molecule has 0 aliphatic rings. The third-order valence-electron chi connectivity index (χ3n) is 2.43. The van der Waals surface area contributed by atoms with Crippen LogP contribution in [0.4, 0.5) is 0 Å². The molecule has 0 atom stereocenters. The minimum Gasteiger partial charge on any atom is -0.462 e. The van der Waals surface area contributed by atoms with Gasteiger partial charge in [-0.2, -0.15) is 0 Å². The Morgan fingerprint density at radius 2 is 1.88 bits per heavy atom. The molecular formula is C13H15ClO3. The average Bonchev–Trinajstić information content (AvgIpc) is 2.37. The summed E-state index contributed by atoms with van der Waals surface area (Å²) in [4.78, 5) is 23.4. The predicted octanol–water partition coefficient (Wildman–Crippen LogP) is 3.19. The van der Waals surface area contributed by atoms with Crippen LogP contribution in [-0.2, 0) is 10.6 Å². The first-order valence-corrected chi connectivity index (χ1v) is 6.07. The molecule has 0 aromatic heterocycles. The highest BCUT2D eigenvalue weighted by Crippen LogP contribution is 2.20. The highest BCUT2D eigenvalue weighted by molar-refractivity contribution is 6.18. The Bertz CT molecular complexity index is 427. The third kappa shape index (κ3) is 3.07. The van der Waals surface area contributed by atoms with Crippen molar-refractivity contribution in [3.8, 4) is 0 Å². The second-order valence-corrected chi connectivity index (χ2v) is 3.73. The van der Waals surface area contributed by atoms with Gasteiger partial charge in [-0.1, -0.05) is 19.1 Å². The lowest BCUT2D eigenvalue weighted by molar-refractivity contribution is 0.0525. The van der Waals surface area contributed by atoms with Crippen molar-refractivity contribution in [1.29, 1.82) is 0 Å². The van der Waals surface area contributed by atoms with Crippen LogP contribution >= 0.6 is 11.6 Å². The number of carbonyl (C=O) groups is 2. The van der Waals surface area contributed by atoms with Crippen molar-refractivity contribution < 1.29 is 14.3 Å². The number of hydrogen-bond donors (Lipinski definition) is 0. The van der Waals surface area contributed by atoms with Crippen LogP contribution in [0.1, 0.15) is 46.5 Å². The number of alkyl halides is 1. The lowest BCUT2D eigenvalue weighted by Gasteiger charge is -2.10. The first-order chi connectivity index (χ1) is 8.15. The summed E-state index contributed by atoms with van der Waals surface area (Å²) in [5.41, 5.74) is 1.44. The molecule has 0 radical (unpaired) electrons. The first-order valence-electron chi connectivity index (χ1n) is 5.53. The number of halogens is 1. The van der Waals surface area contributed by atoms with Gasteiger partial charge in [0.15, 0.2) is 5.78 Å². The minimum absolute atomic E-state index is 0.0215. The van der Waals surface area contributed by atoms with Gasteiger partial charge in [0.05, 0.1) is 12.2 Å². The number of carbonyl (C=O) groups excluding carboxylic acids is 2. The zero-order chi connectivity index (χ0) is 12.8. The molecule has 0 saturated carbocycles. The SMILES string of the molecule is CCOC(=O)c1cccc(C(=O)CC)c1CCl. The van der Waals surface area contributed by atoms with Crippen LogP contribution in [0.5, 0.6) is 0 Å². The fourth-order valence-corrected chi connectivity index (χ4v) is 1.87. The van der Waals surface area contributed by atoms with Crippen molar-refractivity contribution in [1.82, 2.24) is 0 Å². The van der Waals surface area contributed by atoms with Crippen molar-refractivity contribution in [2.24, 2.45) is 0 Å². The molecule has 3 nitrogen and oxygen atoms in total. The Balaban J connectivity index is 3.23. The molecule has 0 amide bonds. The number of rotatable bonds is 5. The molecular weight excluding hydrogens is 240 g/mol. The fraction of sp³-hybridized carbons (Fsp3) is 0.385. The Morgan fingerprint density at radius 1 is 1.24 bits per heavy atom. The van der Waals surface area contributed by atoms with Gasteiger partial charge in [-0.25, -0.2) is 4.79 Å². The van der Waals surface area contributed by atoms with Crippen LogP contribution in [0.3, 0.4) is 0 Å². The molecule has 1 rings (SSSR count). The topological polar surface area (TPSA) is 43.4 Å². The van der Waals surface area contributed by atoms with E-state index in [9.17, 15) is 9.59 Å². The van der Waals surface area contributed by atoms with Gasteiger partial charge in [0.2, 0.25) is 0 Å². The molecule has 92 valence electrons. The monoisotopic (exact) mass is 254 g/mol. The molecule has 0 spiro atoms. The molecule has 0 heterocycles. The first kappa shape index (κ1) is 13.7. The Morgan fingerprint density at radius 3 is 2.41 bits per heavy atom. The normalized spacial score (nSPS) is 10.1. The minimum atomic E-state index is -0.436. The quantitative estimate of drug-likeness (QED) is 0.460. The van der Waals surface area contributed by atoms with E-state index in [0.29, 0.717) is 29.7 Å². The van der Waals surface area contributed by atoms with Crippen molar-refractivity contribution in [3.63, 3.8) is 0 Å². The van der Waals surface area contributed by atoms with E-state index in [1.54, 1.807) is 32.0 Å². The summed E-state index contributed by atoms with van der Waals surface area (Å²) in [5, 5.41) is 0. The zero-order valence-corrected chi connectivity index (χ0v) is 10.7. The Hall–Kier alpha value is -1.35. The summed E-state index contributed by atoms with van der Waals surface area (Å²) in [7, 11) is 0. The summed E-state index contributed by atoms with van der Waals surface area (Å²) in [6.07, 6.45) is 0.385. The van der Waals surface area contributed by atoms with E-state index >= 15 is 0 Å². The van der Waals surface area contributed by atoms with Crippen LogP contribution in [0.2, 0.25) is 0 Å². The largest absolute Gasteiger partial charge is 0.462 e. The number of hydrogen-bond acceptors (Lipinski definition) is 3. The van der Waals surface area contributed by atoms with Crippen LogP contribution in [0.15, 0.2) is 18.2 Å². The van der Waals surface area contributed by atoms with Gasteiger partial charge in [-0.05, 0) is 18.6 Å². The summed E-state index contributed by atoms with van der Waals surface area (Å²) in [6, 6.07) is 4.99. The summed E-state index contributed by atoms with van der Waals surface area (Å²) in [5.74, 6) is -0.337. The number of ketones is 1. The third-order valence-corrected chi connectivity index (χ3v) is 2.69. The van der Waals surface area contributed by atoms with Gasteiger partial charge in [-0.3, -0.25) is 4.79 Å². The lowest BCUT2D eigenvalue weighted by atomic mass is 9.98. The van der Waals surface area contributed by atoms with Gasteiger partial charge in [-0.15, -0.1) is 11.6 Å². The Kier molecular flexibility index (Phi) is 5.16. The van der Waals surface area contributed by atoms with Crippen LogP contribution in [0, 0.1) is 0 Å². The average molecular weight is 255 g/mol. The molecule has 17 heavy (non-hydrogen) atoms. The highest BCUT2D eigenvalue weighted by Gasteiger charge is 2.17. The molecule has 0 aliphatic carbocycles. The van der Waals surface area contributed by atoms with Gasteiger partial charge >= 0.3 is 5.97 Å². The van der Waals surface area contributed by atoms with Crippen molar-refractivity contribution in [2.75, 3.05) is 6.61 Å². The van der Waals surface area contributed by atoms with Crippen molar-refractivity contribution in [3.05, 3.63) is 34.9 Å². The summed E-state index contributed by atoms with van der Waals surface area (Å²) >= 11 is 5.82. The van der Waals surface area contributed by atoms with E-state index in [4.69, 9.17) is 16.3 Å². The second kappa shape index (κ2) is 6.40. The van der Waals surface area contributed by atoms with Gasteiger partial charge < -0.3 is 4.74 Å². The number of benzene rings is 1. The smallest absolute Gasteiger partial charge is 0.338 e. The molecule has 0 bridgehead atoms. The van der Waals surface area contributed by atoms with E-state index < -0.39 is 5.97 Å². The standard InChI is InChI=1S/C13H15ClO3/c1-3-12(15)9-6-5-7-10(11(9)8-14)13(16)17-4-2/h5-7H,3-4,8H2,1-2H3. The second-order valence-electron chi connectivity index (χ2n) is 3.46. The van der Waals surface area contributed by atoms with E-state index in [2.05, 4.69) is 0 Å². The summed E-state index contributed by atoms with van der Waals surface area (Å²) < 4.78 is 4.93. The van der Waals surface area contributed by atoms with E-state index in [1.807, 2.05) is 0 Å². The molecule has 0 N–H and O–H groups in total. The maximum absolute atomic E-state index is 11.7. The van der Waals surface area contributed by atoms with E-state index in [0.717, 1.165) is 0 Å². The van der Waals surface area contributed by atoms with E-state index in [1.165, 1.54) is 0 Å². The van der Waals surface area contributed by atoms with Crippen LogP contribution < -0.4 is 0 Å². The molecule has 1 aromatic rings. The van der Waals surface area contributed by atoms with Crippen LogP contribution in [0.25, 0.3) is 0 Å². The maximum atomic E-state index is 11.7. The molecule has 4 heteroatoms. The Labute approximate surface area is 106 Å². The predicted molar refractivity (Wildman–Crippen MR) is 66.6 cm³/mol. The molecule has 0 aliphatic heterocycles. The summed E-state index contributed by atoms with van der Waals surface area (Å²) in [6.45, 7) is 3.81. The molecule has 1 aromatic carbocycles. The number of esters is 1. The number of Topliss-reactive ketones (excluding diaryl/α,β-unsaturated/α-hetero) is 1. The molecule has 0 saturated heterocycles. The van der Waals surface area contributed by atoms with Gasteiger partial charge in [0.1, 0.15) is 0 Å². The van der Waals surface area contributed by atoms with Gasteiger partial charge in [0, 0.05) is 17.9 Å². The highest BCUT2D eigenvalue weighted by atomic mass is 35.5. The van der Waals surface area contributed by atoms with Crippen molar-refractivity contribution in [2.45, 2.75) is 26.1 Å². The number of ether oxygens (including phenoxy) is 1. The van der Waals surface area contributed by atoms with Crippen molar-refractivity contribution >= 4 is 23.4 Å². The lowest BCUT2D eigenvalue weighted by Crippen LogP contribution is -2.11. The van der Waals surface area contributed by atoms with Crippen LogP contribution in [-0.4, -0.2) is 18.4 Å². The maximum Gasteiger partial charge on any atom is 0.338 e. The zero-order valence-electron chi connectivity index (χ0n) is 9.96. The molecule has 0 unspecified atom stereocenters. The molecule has 0 fully saturated rings. The van der Waals surface area contributed by atoms with Gasteiger partial charge in [0.25, 0.3) is 0 Å².